The second-order valence-corrected chi connectivity index (χ2v) is 6.78. The molecule has 2 atom stereocenters. The molecule has 4 aliphatic heterocycles. The van der Waals surface area contributed by atoms with Gasteiger partial charge >= 0.3 is 0 Å². The third kappa shape index (κ3) is 2.74. The van der Waals surface area contributed by atoms with Crippen LogP contribution in [0.4, 0.5) is 0 Å². The number of hydrogen-bond donors (Lipinski definition) is 1. The monoisotopic (exact) mass is 289 g/mol. The highest BCUT2D eigenvalue weighted by Crippen LogP contribution is 2.23. The van der Waals surface area contributed by atoms with E-state index in [4.69, 9.17) is 4.99 Å². The lowest BCUT2D eigenvalue weighted by molar-refractivity contribution is 0.266. The van der Waals surface area contributed by atoms with E-state index in [9.17, 15) is 0 Å². The molecule has 4 heterocycles. The predicted molar refractivity (Wildman–Crippen MR) is 85.9 cm³/mol. The average Bonchev–Trinajstić information content (AvgIpc) is 2.79. The Bertz CT molecular complexity index is 444. The lowest BCUT2D eigenvalue weighted by Gasteiger charge is -2.42. The van der Waals surface area contributed by atoms with Gasteiger partial charge in [0.1, 0.15) is 0 Å². The summed E-state index contributed by atoms with van der Waals surface area (Å²) in [6, 6.07) is 0.956. The molecular formula is C16H27N5. The fourth-order valence-electron chi connectivity index (χ4n) is 4.10. The molecule has 1 N–H and O–H groups in total. The Kier molecular flexibility index (Phi) is 3.74. The smallest absolute Gasteiger partial charge is 0.194 e. The molecule has 0 saturated carbocycles. The normalized spacial score (nSPS) is 33.1. The number of rotatable bonds is 1. The van der Waals surface area contributed by atoms with Crippen LogP contribution in [0.2, 0.25) is 0 Å². The van der Waals surface area contributed by atoms with Crippen LogP contribution in [0.5, 0.6) is 0 Å². The molecule has 5 nitrogen and oxygen atoms in total. The first-order valence-electron chi connectivity index (χ1n) is 8.78. The van der Waals surface area contributed by atoms with Crippen molar-refractivity contribution in [1.82, 2.24) is 15.1 Å². The van der Waals surface area contributed by atoms with E-state index in [1.807, 2.05) is 0 Å². The first kappa shape index (κ1) is 13.4. The van der Waals surface area contributed by atoms with E-state index in [-0.39, 0.29) is 0 Å². The van der Waals surface area contributed by atoms with Crippen LogP contribution in [-0.4, -0.2) is 66.4 Å². The molecule has 0 spiro atoms. The van der Waals surface area contributed by atoms with Crippen LogP contribution in [-0.2, 0) is 0 Å². The zero-order valence-corrected chi connectivity index (χ0v) is 12.9. The molecule has 0 aliphatic carbocycles. The van der Waals surface area contributed by atoms with Gasteiger partial charge in [-0.3, -0.25) is 9.98 Å². The van der Waals surface area contributed by atoms with Crippen molar-refractivity contribution >= 4 is 11.8 Å². The van der Waals surface area contributed by atoms with Gasteiger partial charge in [0.05, 0.1) is 17.9 Å². The maximum atomic E-state index is 5.13. The van der Waals surface area contributed by atoms with Crippen LogP contribution in [0, 0.1) is 0 Å². The maximum Gasteiger partial charge on any atom is 0.194 e. The van der Waals surface area contributed by atoms with Crippen molar-refractivity contribution in [3.8, 4) is 0 Å². The molecule has 2 saturated heterocycles. The van der Waals surface area contributed by atoms with Crippen LogP contribution in [0.1, 0.15) is 44.9 Å². The van der Waals surface area contributed by atoms with Gasteiger partial charge in [0.2, 0.25) is 0 Å². The van der Waals surface area contributed by atoms with Gasteiger partial charge < -0.3 is 15.1 Å². The van der Waals surface area contributed by atoms with E-state index in [0.717, 1.165) is 19.0 Å². The van der Waals surface area contributed by atoms with Crippen molar-refractivity contribution in [3.05, 3.63) is 0 Å². The fraction of sp³-hybridized carbons (Fsp3) is 0.875. The van der Waals surface area contributed by atoms with E-state index in [2.05, 4.69) is 20.1 Å². The minimum absolute atomic E-state index is 0.459. The first-order chi connectivity index (χ1) is 10.4. The molecule has 4 aliphatic rings. The Morgan fingerprint density at radius 3 is 2.81 bits per heavy atom. The Morgan fingerprint density at radius 1 is 0.905 bits per heavy atom. The van der Waals surface area contributed by atoms with Gasteiger partial charge in [0, 0.05) is 39.1 Å². The predicted octanol–water partition coefficient (Wildman–Crippen LogP) is 1.46. The van der Waals surface area contributed by atoms with Crippen molar-refractivity contribution in [2.45, 2.75) is 57.0 Å². The van der Waals surface area contributed by atoms with Gasteiger partial charge in [0.25, 0.3) is 0 Å². The SMILES string of the molecule is C1CCC2=NC(C3CCN4CCCN=C4N3)CCN2CC1. The summed E-state index contributed by atoms with van der Waals surface area (Å²) < 4.78 is 0. The summed E-state index contributed by atoms with van der Waals surface area (Å²) in [5.41, 5.74) is 0. The topological polar surface area (TPSA) is 43.2 Å². The molecule has 4 rings (SSSR count). The lowest BCUT2D eigenvalue weighted by atomic mass is 9.98. The zero-order chi connectivity index (χ0) is 14.1. The fourth-order valence-corrected chi connectivity index (χ4v) is 4.10. The van der Waals surface area contributed by atoms with E-state index in [1.165, 1.54) is 70.4 Å². The highest BCUT2D eigenvalue weighted by molar-refractivity contribution is 5.84. The molecule has 0 aromatic carbocycles. The maximum absolute atomic E-state index is 5.13. The molecule has 0 bridgehead atoms. The summed E-state index contributed by atoms with van der Waals surface area (Å²) in [6.07, 6.45) is 8.84. The van der Waals surface area contributed by atoms with Gasteiger partial charge in [0.15, 0.2) is 5.96 Å². The van der Waals surface area contributed by atoms with Gasteiger partial charge in [-0.2, -0.15) is 0 Å². The molecule has 2 fully saturated rings. The minimum atomic E-state index is 0.459. The molecule has 0 aromatic rings. The highest BCUT2D eigenvalue weighted by Gasteiger charge is 2.33. The van der Waals surface area contributed by atoms with Crippen LogP contribution >= 0.6 is 0 Å². The van der Waals surface area contributed by atoms with Gasteiger partial charge in [-0.25, -0.2) is 0 Å². The van der Waals surface area contributed by atoms with Crippen molar-refractivity contribution in [1.29, 1.82) is 0 Å². The Balaban J connectivity index is 1.46. The van der Waals surface area contributed by atoms with Gasteiger partial charge in [-0.05, 0) is 32.1 Å². The van der Waals surface area contributed by atoms with E-state index >= 15 is 0 Å². The van der Waals surface area contributed by atoms with Gasteiger partial charge in [-0.15, -0.1) is 0 Å². The standard InChI is InChI=1S/C16H27N5/c1-2-5-15-18-13(6-11-20(15)9-3-1)14-7-12-21-10-4-8-17-16(21)19-14/h13-14H,1-12H2,(H,17,19). The minimum Gasteiger partial charge on any atom is -0.360 e. The molecule has 0 aromatic heterocycles. The third-order valence-corrected chi connectivity index (χ3v) is 5.34. The Hall–Kier alpha value is -1.26. The molecular weight excluding hydrogens is 262 g/mol. The lowest BCUT2D eigenvalue weighted by Crippen LogP contribution is -2.58. The van der Waals surface area contributed by atoms with Crippen LogP contribution in [0.3, 0.4) is 0 Å². The summed E-state index contributed by atoms with van der Waals surface area (Å²) >= 11 is 0. The van der Waals surface area contributed by atoms with E-state index in [1.54, 1.807) is 0 Å². The Morgan fingerprint density at radius 2 is 1.81 bits per heavy atom. The summed E-state index contributed by atoms with van der Waals surface area (Å²) in [7, 11) is 0. The average molecular weight is 289 g/mol. The second-order valence-electron chi connectivity index (χ2n) is 6.78. The number of hydrogen-bond acceptors (Lipinski definition) is 5. The van der Waals surface area contributed by atoms with Crippen LogP contribution in [0.25, 0.3) is 0 Å². The summed E-state index contributed by atoms with van der Waals surface area (Å²) in [4.78, 5) is 14.7. The van der Waals surface area contributed by atoms with Crippen molar-refractivity contribution in [3.63, 3.8) is 0 Å². The number of nitrogens with one attached hydrogen (secondary N) is 1. The van der Waals surface area contributed by atoms with E-state index in [0.29, 0.717) is 12.1 Å². The van der Waals surface area contributed by atoms with Crippen molar-refractivity contribution in [2.75, 3.05) is 32.7 Å². The summed E-state index contributed by atoms with van der Waals surface area (Å²) in [6.45, 7) is 5.74. The van der Waals surface area contributed by atoms with Crippen LogP contribution in [0.15, 0.2) is 9.98 Å². The molecule has 5 heteroatoms. The summed E-state index contributed by atoms with van der Waals surface area (Å²) in [5.74, 6) is 2.53. The molecule has 0 amide bonds. The number of fused-ring (bicyclic) bond motifs is 2. The number of guanidine groups is 1. The van der Waals surface area contributed by atoms with Crippen LogP contribution < -0.4 is 5.32 Å². The number of aliphatic imine (C=N–C) groups is 2. The Labute approximate surface area is 127 Å². The van der Waals surface area contributed by atoms with Gasteiger partial charge in [-0.1, -0.05) is 6.42 Å². The second kappa shape index (κ2) is 5.85. The molecule has 21 heavy (non-hydrogen) atoms. The molecule has 2 unspecified atom stereocenters. The van der Waals surface area contributed by atoms with E-state index < -0.39 is 0 Å². The van der Waals surface area contributed by atoms with Crippen molar-refractivity contribution in [2.24, 2.45) is 9.98 Å². The quantitative estimate of drug-likeness (QED) is 0.795. The number of nitrogens with zero attached hydrogens (tertiary/aromatic N) is 4. The van der Waals surface area contributed by atoms with Crippen molar-refractivity contribution < 1.29 is 0 Å². The first-order valence-corrected chi connectivity index (χ1v) is 8.78. The third-order valence-electron chi connectivity index (χ3n) is 5.34. The largest absolute Gasteiger partial charge is 0.360 e. The summed E-state index contributed by atoms with van der Waals surface area (Å²) in [5, 5.41) is 3.69. The number of amidine groups is 1. The molecule has 0 radical (unpaired) electrons. The highest BCUT2D eigenvalue weighted by atomic mass is 15.3. The molecule has 116 valence electrons. The zero-order valence-electron chi connectivity index (χ0n) is 12.9.